The molecule has 9 aromatic carbocycles. The molecule has 0 saturated carbocycles. The molecule has 0 amide bonds. The first kappa shape index (κ1) is 33.2. The SMILES string of the molecule is c1ccc(-c2cccc(N(c3ccc(-c4ccc(-c5cccc(-c6oc7ccccc7c6-c6ccccc6)c5)cc4)cc3)c3cccc4ccccc34)c2)cc1. The zero-order chi connectivity index (χ0) is 37.3. The van der Waals surface area contributed by atoms with Crippen molar-refractivity contribution < 1.29 is 4.42 Å². The molecule has 10 rings (SSSR count). The molecule has 0 spiro atoms. The molecule has 0 atom stereocenters. The second-order valence-corrected chi connectivity index (χ2v) is 14.1. The number of furan rings is 1. The van der Waals surface area contributed by atoms with Crippen LogP contribution in [0.4, 0.5) is 17.1 Å². The Morgan fingerprint density at radius 1 is 0.304 bits per heavy atom. The van der Waals surface area contributed by atoms with Crippen molar-refractivity contribution in [2.24, 2.45) is 0 Å². The first-order valence-corrected chi connectivity index (χ1v) is 19.1. The molecule has 10 aromatic rings. The van der Waals surface area contributed by atoms with Crippen LogP contribution in [-0.4, -0.2) is 0 Å². The van der Waals surface area contributed by atoms with Crippen LogP contribution >= 0.6 is 0 Å². The highest BCUT2D eigenvalue weighted by molar-refractivity contribution is 6.02. The molecule has 0 saturated heterocycles. The number of benzene rings is 9. The number of rotatable bonds is 8. The Labute approximate surface area is 327 Å². The van der Waals surface area contributed by atoms with E-state index < -0.39 is 0 Å². The fourth-order valence-electron chi connectivity index (χ4n) is 7.92. The lowest BCUT2D eigenvalue weighted by Crippen LogP contribution is -2.10. The summed E-state index contributed by atoms with van der Waals surface area (Å²) >= 11 is 0. The third kappa shape index (κ3) is 6.24. The predicted molar refractivity (Wildman–Crippen MR) is 236 cm³/mol. The fourth-order valence-corrected chi connectivity index (χ4v) is 7.92. The Morgan fingerprint density at radius 3 is 1.55 bits per heavy atom. The van der Waals surface area contributed by atoms with Crippen LogP contribution in [0.5, 0.6) is 0 Å². The molecule has 2 nitrogen and oxygen atoms in total. The van der Waals surface area contributed by atoms with E-state index in [2.05, 4.69) is 217 Å². The maximum absolute atomic E-state index is 6.53. The summed E-state index contributed by atoms with van der Waals surface area (Å²) in [7, 11) is 0. The van der Waals surface area contributed by atoms with Gasteiger partial charge in [-0.2, -0.15) is 0 Å². The molecule has 0 aliphatic heterocycles. The van der Waals surface area contributed by atoms with Gasteiger partial charge in [0.25, 0.3) is 0 Å². The van der Waals surface area contributed by atoms with E-state index in [-0.39, 0.29) is 0 Å². The number of anilines is 3. The van der Waals surface area contributed by atoms with Gasteiger partial charge in [0.15, 0.2) is 0 Å². The number of fused-ring (bicyclic) bond motifs is 2. The zero-order valence-electron chi connectivity index (χ0n) is 30.7. The highest BCUT2D eigenvalue weighted by Crippen LogP contribution is 2.43. The Morgan fingerprint density at radius 2 is 0.804 bits per heavy atom. The van der Waals surface area contributed by atoms with Gasteiger partial charge in [-0.15, -0.1) is 0 Å². The van der Waals surface area contributed by atoms with Crippen LogP contribution in [0.15, 0.2) is 229 Å². The highest BCUT2D eigenvalue weighted by Gasteiger charge is 2.19. The molecule has 1 aromatic heterocycles. The summed E-state index contributed by atoms with van der Waals surface area (Å²) in [6.45, 7) is 0. The third-order valence-electron chi connectivity index (χ3n) is 10.7. The minimum Gasteiger partial charge on any atom is -0.455 e. The van der Waals surface area contributed by atoms with Gasteiger partial charge in [0.05, 0.1) is 5.69 Å². The minimum absolute atomic E-state index is 0.889. The predicted octanol–water partition coefficient (Wildman–Crippen LogP) is 15.4. The normalized spacial score (nSPS) is 11.2. The van der Waals surface area contributed by atoms with Crippen molar-refractivity contribution in [2.75, 3.05) is 4.90 Å². The van der Waals surface area contributed by atoms with Gasteiger partial charge in [0.1, 0.15) is 11.3 Å². The van der Waals surface area contributed by atoms with E-state index in [1.165, 1.54) is 33.0 Å². The molecule has 0 unspecified atom stereocenters. The summed E-state index contributed by atoms with van der Waals surface area (Å²) in [4.78, 5) is 2.37. The maximum atomic E-state index is 6.53. The summed E-state index contributed by atoms with van der Waals surface area (Å²) in [6.07, 6.45) is 0. The second-order valence-electron chi connectivity index (χ2n) is 14.1. The molecule has 0 N–H and O–H groups in total. The minimum atomic E-state index is 0.889. The van der Waals surface area contributed by atoms with Crippen LogP contribution in [-0.2, 0) is 0 Å². The van der Waals surface area contributed by atoms with Crippen molar-refractivity contribution in [3.8, 4) is 55.8 Å². The van der Waals surface area contributed by atoms with Gasteiger partial charge in [-0.25, -0.2) is 0 Å². The van der Waals surface area contributed by atoms with Gasteiger partial charge >= 0.3 is 0 Å². The Balaban J connectivity index is 0.980. The van der Waals surface area contributed by atoms with Crippen molar-refractivity contribution >= 4 is 38.8 Å². The fraction of sp³-hybridized carbons (Fsp3) is 0. The highest BCUT2D eigenvalue weighted by atomic mass is 16.3. The molecule has 2 heteroatoms. The zero-order valence-corrected chi connectivity index (χ0v) is 30.7. The van der Waals surface area contributed by atoms with E-state index in [4.69, 9.17) is 4.42 Å². The number of para-hydroxylation sites is 1. The number of hydrogen-bond donors (Lipinski definition) is 0. The molecular weight excluding hydrogens is 679 g/mol. The van der Waals surface area contributed by atoms with Gasteiger partial charge in [-0.1, -0.05) is 182 Å². The first-order chi connectivity index (χ1) is 27.8. The van der Waals surface area contributed by atoms with E-state index in [9.17, 15) is 0 Å². The van der Waals surface area contributed by atoms with Gasteiger partial charge < -0.3 is 9.32 Å². The smallest absolute Gasteiger partial charge is 0.143 e. The monoisotopic (exact) mass is 715 g/mol. The van der Waals surface area contributed by atoms with Crippen LogP contribution in [0, 0.1) is 0 Å². The quantitative estimate of drug-likeness (QED) is 0.156. The van der Waals surface area contributed by atoms with E-state index >= 15 is 0 Å². The van der Waals surface area contributed by atoms with Crippen LogP contribution < -0.4 is 4.90 Å². The first-order valence-electron chi connectivity index (χ1n) is 19.1. The topological polar surface area (TPSA) is 16.4 Å². The molecule has 0 aliphatic rings. The van der Waals surface area contributed by atoms with E-state index in [0.29, 0.717) is 0 Å². The molecule has 264 valence electrons. The molecule has 0 radical (unpaired) electrons. The van der Waals surface area contributed by atoms with Crippen molar-refractivity contribution in [1.82, 2.24) is 0 Å². The molecule has 0 fully saturated rings. The van der Waals surface area contributed by atoms with Crippen LogP contribution in [0.3, 0.4) is 0 Å². The maximum Gasteiger partial charge on any atom is 0.143 e. The molecular formula is C54H37NO. The molecule has 0 aliphatic carbocycles. The largest absolute Gasteiger partial charge is 0.455 e. The van der Waals surface area contributed by atoms with Gasteiger partial charge in [-0.3, -0.25) is 0 Å². The van der Waals surface area contributed by atoms with Crippen molar-refractivity contribution in [3.05, 3.63) is 224 Å². The lowest BCUT2D eigenvalue weighted by molar-refractivity contribution is 0.632. The average molecular weight is 716 g/mol. The van der Waals surface area contributed by atoms with Crippen LogP contribution in [0.2, 0.25) is 0 Å². The lowest BCUT2D eigenvalue weighted by atomic mass is 9.95. The number of hydrogen-bond acceptors (Lipinski definition) is 2. The van der Waals surface area contributed by atoms with Crippen LogP contribution in [0.25, 0.3) is 77.6 Å². The summed E-state index contributed by atoms with van der Waals surface area (Å²) < 4.78 is 6.53. The van der Waals surface area contributed by atoms with E-state index in [1.54, 1.807) is 0 Å². The molecule has 1 heterocycles. The third-order valence-corrected chi connectivity index (χ3v) is 10.7. The Hall–Kier alpha value is -7.42. The standard InChI is InChI=1S/C54H37NO/c1-3-14-38(15-4-1)45-21-12-23-48(37-45)55(51-26-13-19-42-16-7-8-24-49(42)51)47-34-32-40(33-35-47)39-28-30-41(31-29-39)44-20-11-22-46(36-44)54-53(43-17-5-2-6-18-43)50-25-9-10-27-52(50)56-54/h1-37H. The summed E-state index contributed by atoms with van der Waals surface area (Å²) in [5, 5.41) is 3.54. The van der Waals surface area contributed by atoms with Crippen molar-refractivity contribution in [3.63, 3.8) is 0 Å². The van der Waals surface area contributed by atoms with Crippen LogP contribution in [0.1, 0.15) is 0 Å². The summed E-state index contributed by atoms with van der Waals surface area (Å²) in [5.41, 5.74) is 14.6. The number of nitrogens with zero attached hydrogens (tertiary/aromatic N) is 1. The van der Waals surface area contributed by atoms with Crippen molar-refractivity contribution in [1.29, 1.82) is 0 Å². The Bertz CT molecular complexity index is 2940. The molecule has 0 bridgehead atoms. The van der Waals surface area contributed by atoms with E-state index in [0.717, 1.165) is 61.6 Å². The summed E-state index contributed by atoms with van der Waals surface area (Å²) in [5.74, 6) is 0.889. The van der Waals surface area contributed by atoms with Gasteiger partial charge in [-0.05, 0) is 86.8 Å². The molecule has 56 heavy (non-hydrogen) atoms. The van der Waals surface area contributed by atoms with Gasteiger partial charge in [0.2, 0.25) is 0 Å². The van der Waals surface area contributed by atoms with Crippen molar-refractivity contribution in [2.45, 2.75) is 0 Å². The summed E-state index contributed by atoms with van der Waals surface area (Å²) in [6, 6.07) is 79.9. The average Bonchev–Trinajstić information content (AvgIpc) is 3.68. The lowest BCUT2D eigenvalue weighted by Gasteiger charge is -2.27. The second kappa shape index (κ2) is 14.4. The Kier molecular flexibility index (Phi) is 8.55. The van der Waals surface area contributed by atoms with Gasteiger partial charge in [0, 0.05) is 33.3 Å². The van der Waals surface area contributed by atoms with E-state index in [1.807, 2.05) is 12.1 Å².